The van der Waals surface area contributed by atoms with Crippen molar-refractivity contribution < 1.29 is 33.0 Å². The number of Topliss-reactive ketones (excluding diaryl/α,β-unsaturated/α-hetero) is 1. The Morgan fingerprint density at radius 3 is 2.61 bits per heavy atom. The first-order chi connectivity index (χ1) is 15.7. The van der Waals surface area contributed by atoms with E-state index in [1.807, 2.05) is 13.8 Å². The van der Waals surface area contributed by atoms with E-state index in [1.54, 1.807) is 31.8 Å². The Balaban J connectivity index is 1.86. The lowest BCUT2D eigenvalue weighted by Gasteiger charge is -2.63. The molecule has 33 heavy (non-hydrogen) atoms. The molecule has 3 aliphatic rings. The third-order valence-electron chi connectivity index (χ3n) is 8.79. The van der Waals surface area contributed by atoms with Gasteiger partial charge in [-0.1, -0.05) is 19.9 Å². The van der Waals surface area contributed by atoms with Crippen LogP contribution in [0.5, 0.6) is 0 Å². The van der Waals surface area contributed by atoms with Crippen LogP contribution < -0.4 is 0 Å². The van der Waals surface area contributed by atoms with Gasteiger partial charge in [0.2, 0.25) is 0 Å². The molecule has 1 saturated heterocycles. The number of carbonyl (C=O) groups excluding carboxylic acids is 3. The van der Waals surface area contributed by atoms with Gasteiger partial charge in [0.05, 0.1) is 43.5 Å². The maximum absolute atomic E-state index is 14.4. The third-order valence-corrected chi connectivity index (χ3v) is 8.79. The number of ketones is 1. The summed E-state index contributed by atoms with van der Waals surface area (Å²) in [6, 6.07) is 1.79. The predicted molar refractivity (Wildman–Crippen MR) is 119 cm³/mol. The fourth-order valence-corrected chi connectivity index (χ4v) is 7.26. The summed E-state index contributed by atoms with van der Waals surface area (Å²) in [7, 11) is 2.96. The highest BCUT2D eigenvalue weighted by atomic mass is 16.5. The summed E-state index contributed by atoms with van der Waals surface area (Å²) in [5.74, 6) is -1.97. The second-order valence-corrected chi connectivity index (χ2v) is 10.6. The van der Waals surface area contributed by atoms with Crippen molar-refractivity contribution in [3.05, 3.63) is 36.8 Å². The van der Waals surface area contributed by atoms with Crippen molar-refractivity contribution in [2.24, 2.45) is 34.0 Å². The summed E-state index contributed by atoms with van der Waals surface area (Å²) in [5.41, 5.74) is -1.44. The van der Waals surface area contributed by atoms with E-state index in [2.05, 4.69) is 6.58 Å². The SMILES string of the molecule is C=CC[C@]1(COC)C[C@@H](C(=O)OC)[C@]2(C)CC[C@@H]3C(=O)O[C@H](c4ccoc4)C[C@]3(C)[C@@H]2C1=O. The molecule has 0 amide bonds. The van der Waals surface area contributed by atoms with Crippen LogP contribution in [0.2, 0.25) is 0 Å². The van der Waals surface area contributed by atoms with Crippen LogP contribution in [0.3, 0.4) is 0 Å². The zero-order valence-corrected chi connectivity index (χ0v) is 19.9. The summed E-state index contributed by atoms with van der Waals surface area (Å²) < 4.78 is 21.8. The fraction of sp³-hybridized carbons (Fsp3) is 0.654. The number of hydrogen-bond donors (Lipinski definition) is 0. The Labute approximate surface area is 194 Å². The molecule has 2 aliphatic carbocycles. The molecule has 7 nitrogen and oxygen atoms in total. The maximum Gasteiger partial charge on any atom is 0.310 e. The molecular formula is C26H34O7. The van der Waals surface area contributed by atoms with Gasteiger partial charge in [0.15, 0.2) is 0 Å². The number of fused-ring (bicyclic) bond motifs is 3. The van der Waals surface area contributed by atoms with Crippen molar-refractivity contribution in [3.8, 4) is 0 Å². The molecular weight excluding hydrogens is 424 g/mol. The van der Waals surface area contributed by atoms with E-state index in [9.17, 15) is 14.4 Å². The first kappa shape index (κ1) is 23.7. The number of allylic oxidation sites excluding steroid dienone is 1. The number of cyclic esters (lactones) is 1. The number of hydrogen-bond acceptors (Lipinski definition) is 7. The lowest BCUT2D eigenvalue weighted by atomic mass is 9.40. The van der Waals surface area contributed by atoms with Gasteiger partial charge in [-0.15, -0.1) is 6.58 Å². The molecule has 1 aromatic rings. The molecule has 1 aliphatic heterocycles. The normalized spacial score (nSPS) is 40.4. The van der Waals surface area contributed by atoms with Crippen LogP contribution in [0.25, 0.3) is 0 Å². The Kier molecular flexibility index (Phi) is 6.06. The second-order valence-electron chi connectivity index (χ2n) is 10.6. The van der Waals surface area contributed by atoms with Crippen molar-refractivity contribution >= 4 is 17.7 Å². The van der Waals surface area contributed by atoms with Crippen molar-refractivity contribution in [1.29, 1.82) is 0 Å². The van der Waals surface area contributed by atoms with Gasteiger partial charge in [-0.05, 0) is 49.0 Å². The van der Waals surface area contributed by atoms with E-state index < -0.39 is 40.1 Å². The number of carbonyl (C=O) groups is 3. The highest BCUT2D eigenvalue weighted by molar-refractivity contribution is 5.93. The second kappa shape index (κ2) is 8.42. The largest absolute Gasteiger partial charge is 0.472 e. The standard InChI is InChI=1S/C26H34O7/c1-6-9-26(15-30-4)12-18(22(28)31-5)24(2)10-7-17-23(29)33-19(16-8-11-32-14-16)13-25(17,3)20(24)21(26)27/h6,8,11,14,17-20H,1,7,9-10,12-13,15H2,2-5H3/t17-,18+,19+,20-,24+,25+,26-/m1/s1. The number of methoxy groups -OCH3 is 2. The zero-order chi connectivity index (χ0) is 24.0. The van der Waals surface area contributed by atoms with Crippen LogP contribution in [-0.4, -0.2) is 38.5 Å². The van der Waals surface area contributed by atoms with Crippen LogP contribution in [0, 0.1) is 34.0 Å². The fourth-order valence-electron chi connectivity index (χ4n) is 7.26. The predicted octanol–water partition coefficient (Wildman–Crippen LogP) is 4.28. The average molecular weight is 459 g/mol. The number of ether oxygens (including phenoxy) is 3. The molecule has 2 heterocycles. The Hall–Kier alpha value is -2.41. The lowest BCUT2D eigenvalue weighted by molar-refractivity contribution is -0.211. The smallest absolute Gasteiger partial charge is 0.310 e. The van der Waals surface area contributed by atoms with Crippen LogP contribution in [0.15, 0.2) is 35.7 Å². The topological polar surface area (TPSA) is 92.0 Å². The van der Waals surface area contributed by atoms with Crippen molar-refractivity contribution in [2.75, 3.05) is 20.8 Å². The van der Waals surface area contributed by atoms with Gasteiger partial charge in [-0.3, -0.25) is 14.4 Å². The van der Waals surface area contributed by atoms with Gasteiger partial charge in [-0.25, -0.2) is 0 Å². The van der Waals surface area contributed by atoms with E-state index in [-0.39, 0.29) is 24.3 Å². The van der Waals surface area contributed by atoms with Crippen LogP contribution >= 0.6 is 0 Å². The number of rotatable bonds is 6. The van der Waals surface area contributed by atoms with E-state index >= 15 is 0 Å². The van der Waals surface area contributed by atoms with Crippen molar-refractivity contribution in [2.45, 2.75) is 52.1 Å². The quantitative estimate of drug-likeness (QED) is 0.464. The summed E-state index contributed by atoms with van der Waals surface area (Å²) in [6.07, 6.45) is 6.73. The molecule has 4 rings (SSSR count). The number of esters is 2. The molecule has 0 aromatic carbocycles. The zero-order valence-electron chi connectivity index (χ0n) is 19.9. The van der Waals surface area contributed by atoms with Gasteiger partial charge in [0.25, 0.3) is 0 Å². The summed E-state index contributed by atoms with van der Waals surface area (Å²) in [6.45, 7) is 8.11. The van der Waals surface area contributed by atoms with Crippen LogP contribution in [-0.2, 0) is 28.6 Å². The molecule has 0 N–H and O–H groups in total. The number of furan rings is 1. The first-order valence-corrected chi connectivity index (χ1v) is 11.6. The van der Waals surface area contributed by atoms with E-state index in [0.29, 0.717) is 32.1 Å². The molecule has 180 valence electrons. The van der Waals surface area contributed by atoms with Crippen molar-refractivity contribution in [3.63, 3.8) is 0 Å². The molecule has 7 heteroatoms. The summed E-state index contributed by atoms with van der Waals surface area (Å²) in [4.78, 5) is 40.8. The minimum absolute atomic E-state index is 0.0553. The lowest BCUT2D eigenvalue weighted by Crippen LogP contribution is -2.66. The Morgan fingerprint density at radius 2 is 2.00 bits per heavy atom. The van der Waals surface area contributed by atoms with Gasteiger partial charge >= 0.3 is 11.9 Å². The summed E-state index contributed by atoms with van der Waals surface area (Å²) >= 11 is 0. The van der Waals surface area contributed by atoms with E-state index in [0.717, 1.165) is 5.56 Å². The van der Waals surface area contributed by atoms with Crippen molar-refractivity contribution in [1.82, 2.24) is 0 Å². The van der Waals surface area contributed by atoms with Gasteiger partial charge in [0, 0.05) is 18.6 Å². The average Bonchev–Trinajstić information content (AvgIpc) is 3.30. The monoisotopic (exact) mass is 458 g/mol. The molecule has 0 bridgehead atoms. The van der Waals surface area contributed by atoms with Gasteiger partial charge in [0.1, 0.15) is 11.9 Å². The Bertz CT molecular complexity index is 936. The van der Waals surface area contributed by atoms with E-state index in [4.69, 9.17) is 18.6 Å². The minimum Gasteiger partial charge on any atom is -0.472 e. The van der Waals surface area contributed by atoms with E-state index in [1.165, 1.54) is 7.11 Å². The third kappa shape index (κ3) is 3.47. The molecule has 7 atom stereocenters. The highest BCUT2D eigenvalue weighted by Crippen LogP contribution is 2.67. The van der Waals surface area contributed by atoms with Crippen LogP contribution in [0.1, 0.15) is 57.6 Å². The minimum atomic E-state index is -0.892. The van der Waals surface area contributed by atoms with Gasteiger partial charge < -0.3 is 18.6 Å². The first-order valence-electron chi connectivity index (χ1n) is 11.6. The molecule has 1 aromatic heterocycles. The molecule has 0 unspecified atom stereocenters. The summed E-state index contributed by atoms with van der Waals surface area (Å²) in [5, 5.41) is 0. The Morgan fingerprint density at radius 1 is 1.24 bits per heavy atom. The van der Waals surface area contributed by atoms with Crippen LogP contribution in [0.4, 0.5) is 0 Å². The highest BCUT2D eigenvalue weighted by Gasteiger charge is 2.69. The molecule has 2 saturated carbocycles. The maximum atomic E-state index is 14.4. The molecule has 0 spiro atoms. The van der Waals surface area contributed by atoms with Gasteiger partial charge in [-0.2, -0.15) is 0 Å². The molecule has 3 fully saturated rings. The molecule has 0 radical (unpaired) electrons.